The summed E-state index contributed by atoms with van der Waals surface area (Å²) in [4.78, 5) is 0. The Kier molecular flexibility index (Phi) is 4.46. The molecule has 0 amide bonds. The zero-order valence-corrected chi connectivity index (χ0v) is 11.6. The fourth-order valence-corrected chi connectivity index (χ4v) is 2.76. The van der Waals surface area contributed by atoms with Crippen LogP contribution in [0.5, 0.6) is 5.75 Å². The van der Waals surface area contributed by atoms with Crippen LogP contribution in [0.3, 0.4) is 0 Å². The lowest BCUT2D eigenvalue weighted by Gasteiger charge is -2.23. The van der Waals surface area contributed by atoms with E-state index < -0.39 is 0 Å². The quantitative estimate of drug-likeness (QED) is 0.910. The van der Waals surface area contributed by atoms with E-state index in [2.05, 4.69) is 5.32 Å². The number of nitrogens with one attached hydrogen (secondary N) is 1. The molecule has 1 aromatic carbocycles. The van der Waals surface area contributed by atoms with Gasteiger partial charge >= 0.3 is 0 Å². The maximum absolute atomic E-state index is 14.2. The average Bonchev–Trinajstić information content (AvgIpc) is 2.38. The number of methoxy groups -OCH3 is 1. The molecule has 1 heterocycles. The Hall–Kier alpha value is -0.800. The number of aryl methyl sites for hydroxylation is 1. The monoisotopic (exact) mass is 271 g/mol. The van der Waals surface area contributed by atoms with Gasteiger partial charge in [0.25, 0.3) is 0 Å². The van der Waals surface area contributed by atoms with E-state index in [0.717, 1.165) is 37.9 Å². The van der Waals surface area contributed by atoms with E-state index in [9.17, 15) is 4.39 Å². The molecule has 2 nitrogen and oxygen atoms in total. The highest BCUT2D eigenvalue weighted by Gasteiger charge is 2.20. The molecule has 0 aromatic heterocycles. The first-order valence-electron chi connectivity index (χ1n) is 6.35. The molecule has 1 N–H and O–H groups in total. The van der Waals surface area contributed by atoms with Crippen molar-refractivity contribution in [2.45, 2.75) is 26.2 Å². The summed E-state index contributed by atoms with van der Waals surface area (Å²) in [6, 6.07) is 1.84. The van der Waals surface area contributed by atoms with Gasteiger partial charge < -0.3 is 10.1 Å². The van der Waals surface area contributed by atoms with Crippen molar-refractivity contribution < 1.29 is 9.13 Å². The summed E-state index contributed by atoms with van der Waals surface area (Å²) in [5, 5.41) is 3.72. The summed E-state index contributed by atoms with van der Waals surface area (Å²) in [6.07, 6.45) is 3.06. The number of ether oxygens (including phenoxy) is 1. The van der Waals surface area contributed by atoms with Crippen LogP contribution in [-0.2, 0) is 6.42 Å². The zero-order chi connectivity index (χ0) is 13.1. The van der Waals surface area contributed by atoms with Crippen LogP contribution >= 0.6 is 11.6 Å². The highest BCUT2D eigenvalue weighted by Crippen LogP contribution is 2.34. The van der Waals surface area contributed by atoms with Crippen LogP contribution in [0.4, 0.5) is 4.39 Å². The second-order valence-electron chi connectivity index (χ2n) is 4.93. The normalized spacial score (nSPS) is 19.9. The van der Waals surface area contributed by atoms with E-state index in [-0.39, 0.29) is 11.6 Å². The smallest absolute Gasteiger partial charge is 0.173 e. The van der Waals surface area contributed by atoms with Gasteiger partial charge in [0.05, 0.1) is 12.1 Å². The van der Waals surface area contributed by atoms with Crippen molar-refractivity contribution in [1.82, 2.24) is 5.32 Å². The molecule has 0 spiro atoms. The molecule has 0 aliphatic carbocycles. The lowest BCUT2D eigenvalue weighted by molar-refractivity contribution is 0.361. The van der Waals surface area contributed by atoms with E-state index in [4.69, 9.17) is 16.3 Å². The summed E-state index contributed by atoms with van der Waals surface area (Å²) in [6.45, 7) is 3.91. The number of halogens is 2. The first-order valence-corrected chi connectivity index (χ1v) is 6.73. The maximum Gasteiger partial charge on any atom is 0.173 e. The molecule has 100 valence electrons. The average molecular weight is 272 g/mol. The molecule has 2 rings (SSSR count). The van der Waals surface area contributed by atoms with Gasteiger partial charge in [0.1, 0.15) is 0 Å². The second-order valence-corrected chi connectivity index (χ2v) is 5.31. The molecule has 1 atom stereocenters. The van der Waals surface area contributed by atoms with Gasteiger partial charge in [0.2, 0.25) is 0 Å². The van der Waals surface area contributed by atoms with Crippen molar-refractivity contribution in [3.05, 3.63) is 28.0 Å². The lowest BCUT2D eigenvalue weighted by Crippen LogP contribution is -2.31. The minimum atomic E-state index is -0.307. The van der Waals surface area contributed by atoms with Gasteiger partial charge in [-0.15, -0.1) is 0 Å². The van der Waals surface area contributed by atoms with E-state index in [1.807, 2.05) is 13.0 Å². The van der Waals surface area contributed by atoms with Crippen LogP contribution in [0.15, 0.2) is 6.07 Å². The van der Waals surface area contributed by atoms with Crippen molar-refractivity contribution in [3.63, 3.8) is 0 Å². The number of rotatable bonds is 3. The number of piperidine rings is 1. The van der Waals surface area contributed by atoms with Crippen LogP contribution < -0.4 is 10.1 Å². The first-order chi connectivity index (χ1) is 8.63. The summed E-state index contributed by atoms with van der Waals surface area (Å²) in [5.74, 6) is 0.368. The Balaban J connectivity index is 2.24. The number of hydrogen-bond acceptors (Lipinski definition) is 2. The Bertz CT molecular complexity index is 430. The zero-order valence-electron chi connectivity index (χ0n) is 10.9. The summed E-state index contributed by atoms with van der Waals surface area (Å²) in [7, 11) is 1.45. The fourth-order valence-electron chi connectivity index (χ4n) is 2.55. The SMILES string of the molecule is COc1c(F)c(CC2CCCNC2)cc(C)c1Cl. The third-order valence-electron chi connectivity index (χ3n) is 3.53. The van der Waals surface area contributed by atoms with E-state index in [1.54, 1.807) is 0 Å². The molecule has 0 saturated carbocycles. The molecule has 1 unspecified atom stereocenters. The standard InChI is InChI=1S/C14H19ClFNO/c1-9-6-11(7-10-4-3-5-17-8-10)13(16)14(18-2)12(9)15/h6,10,17H,3-5,7-8H2,1-2H3. The van der Waals surface area contributed by atoms with Gasteiger partial charge in [-0.05, 0) is 56.3 Å². The molecule has 1 aliphatic heterocycles. The third kappa shape index (κ3) is 2.78. The van der Waals surface area contributed by atoms with E-state index in [0.29, 0.717) is 16.5 Å². The summed E-state index contributed by atoms with van der Waals surface area (Å²) in [5.41, 5.74) is 1.58. The third-order valence-corrected chi connectivity index (χ3v) is 4.00. The van der Waals surface area contributed by atoms with E-state index in [1.165, 1.54) is 7.11 Å². The Morgan fingerprint density at radius 1 is 1.56 bits per heavy atom. The summed E-state index contributed by atoms with van der Waals surface area (Å²) < 4.78 is 19.3. The number of hydrogen-bond donors (Lipinski definition) is 1. The summed E-state index contributed by atoms with van der Waals surface area (Å²) >= 11 is 6.04. The van der Waals surface area contributed by atoms with Crippen LogP contribution in [0.1, 0.15) is 24.0 Å². The highest BCUT2D eigenvalue weighted by atomic mass is 35.5. The van der Waals surface area contributed by atoms with Crippen LogP contribution in [0, 0.1) is 18.7 Å². The molecule has 18 heavy (non-hydrogen) atoms. The van der Waals surface area contributed by atoms with Gasteiger partial charge in [0, 0.05) is 0 Å². The fraction of sp³-hybridized carbons (Fsp3) is 0.571. The van der Waals surface area contributed by atoms with Crippen LogP contribution in [0.25, 0.3) is 0 Å². The molecule has 0 radical (unpaired) electrons. The molecule has 4 heteroatoms. The van der Waals surface area contributed by atoms with Crippen LogP contribution in [-0.4, -0.2) is 20.2 Å². The number of benzene rings is 1. The van der Waals surface area contributed by atoms with Crippen molar-refractivity contribution in [1.29, 1.82) is 0 Å². The minimum Gasteiger partial charge on any atom is -0.492 e. The maximum atomic E-state index is 14.2. The molecule has 1 aliphatic rings. The van der Waals surface area contributed by atoms with Crippen molar-refractivity contribution in [2.24, 2.45) is 5.92 Å². The molecule has 1 fully saturated rings. The highest BCUT2D eigenvalue weighted by molar-refractivity contribution is 6.32. The van der Waals surface area contributed by atoms with Gasteiger partial charge in [-0.25, -0.2) is 4.39 Å². The van der Waals surface area contributed by atoms with Gasteiger partial charge in [-0.2, -0.15) is 0 Å². The Morgan fingerprint density at radius 2 is 2.33 bits per heavy atom. The molecule has 0 bridgehead atoms. The van der Waals surface area contributed by atoms with Crippen LogP contribution in [0.2, 0.25) is 5.02 Å². The minimum absolute atomic E-state index is 0.176. The Morgan fingerprint density at radius 3 is 2.94 bits per heavy atom. The van der Waals surface area contributed by atoms with Gasteiger partial charge in [-0.3, -0.25) is 0 Å². The second kappa shape index (κ2) is 5.89. The molecular weight excluding hydrogens is 253 g/mol. The lowest BCUT2D eigenvalue weighted by atomic mass is 9.91. The Labute approximate surface area is 112 Å². The van der Waals surface area contributed by atoms with Crippen molar-refractivity contribution in [2.75, 3.05) is 20.2 Å². The van der Waals surface area contributed by atoms with Crippen molar-refractivity contribution >= 4 is 11.6 Å². The largest absolute Gasteiger partial charge is 0.492 e. The molecular formula is C14H19ClFNO. The van der Waals surface area contributed by atoms with Gasteiger partial charge in [0.15, 0.2) is 11.6 Å². The molecule has 1 saturated heterocycles. The topological polar surface area (TPSA) is 21.3 Å². The predicted octanol–water partition coefficient (Wildman–Crippen LogP) is 3.34. The van der Waals surface area contributed by atoms with E-state index >= 15 is 0 Å². The predicted molar refractivity (Wildman–Crippen MR) is 72.0 cm³/mol. The molecule has 1 aromatic rings. The van der Waals surface area contributed by atoms with Crippen molar-refractivity contribution in [3.8, 4) is 5.75 Å². The van der Waals surface area contributed by atoms with Gasteiger partial charge in [-0.1, -0.05) is 17.7 Å². The first kappa shape index (κ1) is 13.6.